The van der Waals surface area contributed by atoms with Gasteiger partial charge in [0.2, 0.25) is 0 Å². The van der Waals surface area contributed by atoms with Crippen LogP contribution in [0.5, 0.6) is 0 Å². The molecule has 0 amide bonds. The van der Waals surface area contributed by atoms with Crippen LogP contribution in [-0.4, -0.2) is 11.4 Å². The molecule has 1 aliphatic rings. The van der Waals surface area contributed by atoms with Crippen molar-refractivity contribution >= 4 is 34.4 Å². The molecule has 33 heavy (non-hydrogen) atoms. The van der Waals surface area contributed by atoms with Crippen LogP contribution in [0.25, 0.3) is 11.4 Å². The predicted octanol–water partition coefficient (Wildman–Crippen LogP) is 6.67. The molecule has 3 heteroatoms. The van der Waals surface area contributed by atoms with Gasteiger partial charge in [-0.2, -0.15) is 0 Å². The Morgan fingerprint density at radius 1 is 0.758 bits per heavy atom. The van der Waals surface area contributed by atoms with Crippen LogP contribution in [0.4, 0.5) is 0 Å². The average Bonchev–Trinajstić information content (AvgIpc) is 3.26. The van der Waals surface area contributed by atoms with Gasteiger partial charge in [0.05, 0.1) is 11.4 Å². The van der Waals surface area contributed by atoms with E-state index in [2.05, 4.69) is 65.0 Å². The van der Waals surface area contributed by atoms with Crippen LogP contribution in [-0.2, 0) is 5.41 Å². The molecular formula is C30H31ClN2. The fraction of sp³-hybridized carbons (Fsp3) is 0.267. The Morgan fingerprint density at radius 3 is 1.67 bits per heavy atom. The summed E-state index contributed by atoms with van der Waals surface area (Å²) in [5.41, 5.74) is 6.47. The van der Waals surface area contributed by atoms with E-state index in [0.29, 0.717) is 5.82 Å². The van der Waals surface area contributed by atoms with E-state index in [1.165, 1.54) is 16.4 Å². The molecule has 0 aliphatic carbocycles. The zero-order valence-electron chi connectivity index (χ0n) is 20.1. The molecule has 1 heterocycles. The molecule has 3 aromatic carbocycles. The van der Waals surface area contributed by atoms with Crippen molar-refractivity contribution in [3.63, 3.8) is 0 Å². The lowest BCUT2D eigenvalue weighted by Gasteiger charge is -2.22. The quantitative estimate of drug-likeness (QED) is 0.420. The monoisotopic (exact) mass is 454 g/mol. The van der Waals surface area contributed by atoms with Crippen molar-refractivity contribution in [2.45, 2.75) is 52.9 Å². The summed E-state index contributed by atoms with van der Waals surface area (Å²) in [5, 5.41) is 2.93. The molecular weight excluding hydrogens is 424 g/mol. The molecule has 0 aromatic heterocycles. The lowest BCUT2D eigenvalue weighted by molar-refractivity contribution is 0.584. The van der Waals surface area contributed by atoms with Crippen LogP contribution in [0.3, 0.4) is 0 Å². The Labute approximate surface area is 202 Å². The van der Waals surface area contributed by atoms with E-state index in [1.807, 2.05) is 42.5 Å². The van der Waals surface area contributed by atoms with E-state index in [9.17, 15) is 0 Å². The van der Waals surface area contributed by atoms with Crippen molar-refractivity contribution in [3.8, 4) is 0 Å². The van der Waals surface area contributed by atoms with E-state index >= 15 is 0 Å². The summed E-state index contributed by atoms with van der Waals surface area (Å²) in [4.78, 5) is 10.1. The van der Waals surface area contributed by atoms with Gasteiger partial charge in [-0.3, -0.25) is 0 Å². The maximum Gasteiger partial charge on any atom is 0.160 e. The first-order valence-electron chi connectivity index (χ1n) is 11.7. The van der Waals surface area contributed by atoms with Gasteiger partial charge >= 0.3 is 0 Å². The molecule has 1 aliphatic heterocycles. The first-order valence-corrected chi connectivity index (χ1v) is 12.1. The van der Waals surface area contributed by atoms with Crippen LogP contribution in [0, 0.1) is 0 Å². The number of rotatable bonds is 4. The summed E-state index contributed by atoms with van der Waals surface area (Å²) in [5.74, 6) is 0.709. The van der Waals surface area contributed by atoms with Crippen LogP contribution >= 0.6 is 11.6 Å². The second-order valence-corrected chi connectivity index (χ2v) is 9.82. The van der Waals surface area contributed by atoms with Crippen LogP contribution in [0.2, 0.25) is 5.02 Å². The van der Waals surface area contributed by atoms with Crippen molar-refractivity contribution < 1.29 is 0 Å². The summed E-state index contributed by atoms with van der Waals surface area (Å²) >= 11 is 6.95. The summed E-state index contributed by atoms with van der Waals surface area (Å²) in [6.07, 6.45) is 1.98. The molecule has 0 unspecified atom stereocenters. The molecule has 0 saturated carbocycles. The second-order valence-electron chi connectivity index (χ2n) is 9.42. The Kier molecular flexibility index (Phi) is 6.67. The highest BCUT2D eigenvalue weighted by molar-refractivity contribution is 6.56. The summed E-state index contributed by atoms with van der Waals surface area (Å²) in [6.45, 7) is 11.1. The standard InChI is InChI=1S/C30H31ClN2/c1-6-20(7-2)26-24(30(3,4)5)18-23(19-25(26)31)29-32-27(21-14-10-8-11-15-21)28(33-29)22-16-12-9-13-17-22/h8-19H,6-7H2,1-5H3. The average molecular weight is 455 g/mol. The summed E-state index contributed by atoms with van der Waals surface area (Å²) in [6, 6.07) is 24.8. The first-order chi connectivity index (χ1) is 15.8. The van der Waals surface area contributed by atoms with E-state index in [-0.39, 0.29) is 5.41 Å². The highest BCUT2D eigenvalue weighted by atomic mass is 35.5. The summed E-state index contributed by atoms with van der Waals surface area (Å²) in [7, 11) is 0. The highest BCUT2D eigenvalue weighted by Crippen LogP contribution is 2.24. The number of nitrogens with zero attached hydrogens (tertiary/aromatic N) is 2. The van der Waals surface area contributed by atoms with E-state index < -0.39 is 0 Å². The Bertz CT molecular complexity index is 1280. The topological polar surface area (TPSA) is 24.7 Å². The van der Waals surface area contributed by atoms with Crippen molar-refractivity contribution in [2.24, 2.45) is 9.98 Å². The number of aliphatic imine (C=N–C) groups is 2. The zero-order valence-corrected chi connectivity index (χ0v) is 20.9. The normalized spacial score (nSPS) is 13.7. The van der Waals surface area contributed by atoms with Gasteiger partial charge < -0.3 is 0 Å². The largest absolute Gasteiger partial charge is 0.226 e. The second kappa shape index (κ2) is 9.49. The van der Waals surface area contributed by atoms with Crippen LogP contribution in [0.15, 0.2) is 82.8 Å². The zero-order chi connectivity index (χ0) is 23.6. The van der Waals surface area contributed by atoms with Gasteiger partial charge in [0, 0.05) is 21.4 Å². The molecule has 0 fully saturated rings. The molecule has 2 nitrogen and oxygen atoms in total. The number of benzene rings is 3. The Balaban J connectivity index is 2.05. The lowest BCUT2D eigenvalue weighted by Crippen LogP contribution is -2.28. The third-order valence-corrected chi connectivity index (χ3v) is 6.42. The molecule has 4 rings (SSSR count). The van der Waals surface area contributed by atoms with Gasteiger partial charge in [-0.15, -0.1) is 0 Å². The molecule has 3 aromatic rings. The smallest absolute Gasteiger partial charge is 0.160 e. The minimum atomic E-state index is -0.0539. The third kappa shape index (κ3) is 4.72. The molecule has 0 N–H and O–H groups in total. The SMILES string of the molecule is CCC(CC)=c1c(Cl)cc(=C2N=C(c3ccccc3)C(c3ccccc3)=N2)cc1C(C)(C)C. The lowest BCUT2D eigenvalue weighted by atomic mass is 9.83. The fourth-order valence-electron chi connectivity index (χ4n) is 4.36. The minimum absolute atomic E-state index is 0.0539. The van der Waals surface area contributed by atoms with E-state index in [1.54, 1.807) is 0 Å². The molecule has 0 radical (unpaired) electrons. The minimum Gasteiger partial charge on any atom is -0.226 e. The van der Waals surface area contributed by atoms with Gasteiger partial charge in [0.25, 0.3) is 0 Å². The summed E-state index contributed by atoms with van der Waals surface area (Å²) < 4.78 is 0. The highest BCUT2D eigenvalue weighted by Gasteiger charge is 2.23. The Hall–Kier alpha value is -2.97. The number of hydrogen-bond acceptors (Lipinski definition) is 2. The van der Waals surface area contributed by atoms with E-state index in [0.717, 1.165) is 45.6 Å². The predicted molar refractivity (Wildman–Crippen MR) is 143 cm³/mol. The van der Waals surface area contributed by atoms with Crippen LogP contribution < -0.4 is 10.4 Å². The molecule has 0 atom stereocenters. The van der Waals surface area contributed by atoms with Gasteiger partial charge in [-0.25, -0.2) is 9.98 Å². The molecule has 168 valence electrons. The van der Waals surface area contributed by atoms with Crippen molar-refractivity contribution in [3.05, 3.63) is 105 Å². The van der Waals surface area contributed by atoms with Gasteiger partial charge in [0.15, 0.2) is 5.82 Å². The van der Waals surface area contributed by atoms with E-state index in [4.69, 9.17) is 21.6 Å². The Morgan fingerprint density at radius 2 is 1.24 bits per heavy atom. The van der Waals surface area contributed by atoms with Gasteiger partial charge in [0.1, 0.15) is 0 Å². The van der Waals surface area contributed by atoms with Gasteiger partial charge in [-0.1, -0.05) is 112 Å². The van der Waals surface area contributed by atoms with Gasteiger partial charge in [-0.05, 0) is 41.2 Å². The third-order valence-electron chi connectivity index (χ3n) is 6.12. The maximum absolute atomic E-state index is 6.95. The van der Waals surface area contributed by atoms with Crippen molar-refractivity contribution in [1.82, 2.24) is 0 Å². The fourth-order valence-corrected chi connectivity index (χ4v) is 4.71. The van der Waals surface area contributed by atoms with Crippen LogP contribution in [0.1, 0.15) is 64.2 Å². The molecule has 0 bridgehead atoms. The van der Waals surface area contributed by atoms with Crippen molar-refractivity contribution in [2.75, 3.05) is 0 Å². The number of hydrogen-bond donors (Lipinski definition) is 0. The van der Waals surface area contributed by atoms with Crippen molar-refractivity contribution in [1.29, 1.82) is 0 Å². The first kappa shape index (κ1) is 23.2. The molecule has 0 saturated heterocycles. The molecule has 0 spiro atoms. The number of halogens is 1. The maximum atomic E-state index is 6.95.